The van der Waals surface area contributed by atoms with Crippen LogP contribution in [-0.4, -0.2) is 24.7 Å². The highest BCUT2D eigenvalue weighted by Crippen LogP contribution is 2.10. The van der Waals surface area contributed by atoms with Gasteiger partial charge in [-0.2, -0.15) is 0 Å². The Hall–Kier alpha value is -1.58. The SMILES string of the molecule is CCOC(=O)c1cncc(OC)c1. The fraction of sp³-hybridized carbons (Fsp3) is 0.333. The van der Waals surface area contributed by atoms with Crippen LogP contribution in [0.4, 0.5) is 0 Å². The minimum Gasteiger partial charge on any atom is -0.495 e. The number of carbonyl (C=O) groups excluding carboxylic acids is 1. The Morgan fingerprint density at radius 2 is 2.31 bits per heavy atom. The Morgan fingerprint density at radius 1 is 1.54 bits per heavy atom. The highest BCUT2D eigenvalue weighted by Gasteiger charge is 2.06. The summed E-state index contributed by atoms with van der Waals surface area (Å²) in [7, 11) is 1.52. The zero-order chi connectivity index (χ0) is 9.68. The van der Waals surface area contributed by atoms with Crippen LogP contribution in [0.2, 0.25) is 0 Å². The van der Waals surface area contributed by atoms with Crippen molar-refractivity contribution in [1.82, 2.24) is 4.98 Å². The first kappa shape index (κ1) is 9.51. The largest absolute Gasteiger partial charge is 0.495 e. The molecule has 4 heteroatoms. The minimum atomic E-state index is -0.381. The predicted octanol–water partition coefficient (Wildman–Crippen LogP) is 1.27. The van der Waals surface area contributed by atoms with Gasteiger partial charge in [-0.3, -0.25) is 4.98 Å². The van der Waals surface area contributed by atoms with Gasteiger partial charge < -0.3 is 9.47 Å². The summed E-state index contributed by atoms with van der Waals surface area (Å²) >= 11 is 0. The van der Waals surface area contributed by atoms with Gasteiger partial charge in [-0.05, 0) is 13.0 Å². The van der Waals surface area contributed by atoms with Gasteiger partial charge in [0.1, 0.15) is 5.75 Å². The summed E-state index contributed by atoms with van der Waals surface area (Å²) in [5, 5.41) is 0. The maximum absolute atomic E-state index is 11.2. The molecule has 0 radical (unpaired) electrons. The van der Waals surface area contributed by atoms with E-state index in [0.29, 0.717) is 17.9 Å². The summed E-state index contributed by atoms with van der Waals surface area (Å²) < 4.78 is 9.71. The molecule has 0 unspecified atom stereocenters. The molecular formula is C9H11NO3. The summed E-state index contributed by atoms with van der Waals surface area (Å²) in [4.78, 5) is 15.0. The van der Waals surface area contributed by atoms with Gasteiger partial charge in [0.15, 0.2) is 0 Å². The third-order valence-corrected chi connectivity index (χ3v) is 1.46. The van der Waals surface area contributed by atoms with Gasteiger partial charge in [-0.1, -0.05) is 0 Å². The minimum absolute atomic E-state index is 0.357. The fourth-order valence-corrected chi connectivity index (χ4v) is 0.857. The van der Waals surface area contributed by atoms with Gasteiger partial charge in [-0.15, -0.1) is 0 Å². The van der Waals surface area contributed by atoms with E-state index in [-0.39, 0.29) is 5.97 Å². The molecule has 0 saturated carbocycles. The number of ether oxygens (including phenoxy) is 2. The lowest BCUT2D eigenvalue weighted by Gasteiger charge is -2.02. The highest BCUT2D eigenvalue weighted by atomic mass is 16.5. The molecule has 0 aromatic carbocycles. The number of carbonyl (C=O) groups is 1. The molecule has 1 rings (SSSR count). The maximum atomic E-state index is 11.2. The molecule has 0 amide bonds. The van der Waals surface area contributed by atoms with Gasteiger partial charge >= 0.3 is 5.97 Å². The van der Waals surface area contributed by atoms with E-state index >= 15 is 0 Å². The van der Waals surface area contributed by atoms with Crippen molar-refractivity contribution in [2.24, 2.45) is 0 Å². The third kappa shape index (κ3) is 2.43. The maximum Gasteiger partial charge on any atom is 0.339 e. The molecule has 70 valence electrons. The third-order valence-electron chi connectivity index (χ3n) is 1.46. The second kappa shape index (κ2) is 4.45. The van der Waals surface area contributed by atoms with Crippen LogP contribution in [0.1, 0.15) is 17.3 Å². The Morgan fingerprint density at radius 3 is 2.92 bits per heavy atom. The van der Waals surface area contributed by atoms with Crippen LogP contribution in [0, 0.1) is 0 Å². The molecule has 4 nitrogen and oxygen atoms in total. The average molecular weight is 181 g/mol. The predicted molar refractivity (Wildman–Crippen MR) is 46.7 cm³/mol. The first-order chi connectivity index (χ1) is 6.27. The fourth-order valence-electron chi connectivity index (χ4n) is 0.857. The summed E-state index contributed by atoms with van der Waals surface area (Å²) in [5.74, 6) is 0.166. The van der Waals surface area contributed by atoms with Crippen molar-refractivity contribution in [3.05, 3.63) is 24.0 Å². The van der Waals surface area contributed by atoms with Crippen LogP contribution < -0.4 is 4.74 Å². The summed E-state index contributed by atoms with van der Waals surface area (Å²) in [6.45, 7) is 2.11. The second-order valence-corrected chi connectivity index (χ2v) is 2.33. The lowest BCUT2D eigenvalue weighted by molar-refractivity contribution is 0.0525. The van der Waals surface area contributed by atoms with Crippen molar-refractivity contribution < 1.29 is 14.3 Å². The molecule has 0 N–H and O–H groups in total. The summed E-state index contributed by atoms with van der Waals surface area (Å²) in [6.07, 6.45) is 2.98. The van der Waals surface area contributed by atoms with E-state index in [4.69, 9.17) is 9.47 Å². The van der Waals surface area contributed by atoms with Gasteiger partial charge in [-0.25, -0.2) is 4.79 Å². The number of hydrogen-bond acceptors (Lipinski definition) is 4. The van der Waals surface area contributed by atoms with Crippen LogP contribution in [0.15, 0.2) is 18.5 Å². The topological polar surface area (TPSA) is 48.4 Å². The molecule has 1 aromatic rings. The molecule has 0 fully saturated rings. The lowest BCUT2D eigenvalue weighted by atomic mass is 10.3. The molecule has 0 atom stereocenters. The quantitative estimate of drug-likeness (QED) is 0.659. The molecular weight excluding hydrogens is 170 g/mol. The van der Waals surface area contributed by atoms with Crippen molar-refractivity contribution in [3.8, 4) is 5.75 Å². The van der Waals surface area contributed by atoms with Crippen molar-refractivity contribution in [1.29, 1.82) is 0 Å². The van der Waals surface area contributed by atoms with E-state index in [1.54, 1.807) is 13.0 Å². The van der Waals surface area contributed by atoms with E-state index < -0.39 is 0 Å². The van der Waals surface area contributed by atoms with Gasteiger partial charge in [0, 0.05) is 6.20 Å². The molecule has 0 aliphatic rings. The molecule has 0 aliphatic heterocycles. The Bertz CT molecular complexity index is 299. The molecule has 0 bridgehead atoms. The van der Waals surface area contributed by atoms with E-state index in [1.165, 1.54) is 19.5 Å². The van der Waals surface area contributed by atoms with Crippen LogP contribution in [0.3, 0.4) is 0 Å². The number of esters is 1. The molecule has 0 saturated heterocycles. The van der Waals surface area contributed by atoms with Crippen LogP contribution in [0.25, 0.3) is 0 Å². The zero-order valence-electron chi connectivity index (χ0n) is 7.61. The Labute approximate surface area is 76.5 Å². The van der Waals surface area contributed by atoms with Gasteiger partial charge in [0.2, 0.25) is 0 Å². The standard InChI is InChI=1S/C9H11NO3/c1-3-13-9(11)7-4-8(12-2)6-10-5-7/h4-6H,3H2,1-2H3. The normalized spacial score (nSPS) is 9.38. The number of nitrogens with zero attached hydrogens (tertiary/aromatic N) is 1. The monoisotopic (exact) mass is 181 g/mol. The Balaban J connectivity index is 2.82. The van der Waals surface area contributed by atoms with E-state index in [2.05, 4.69) is 4.98 Å². The molecule has 13 heavy (non-hydrogen) atoms. The number of methoxy groups -OCH3 is 1. The van der Waals surface area contributed by atoms with E-state index in [1.807, 2.05) is 0 Å². The van der Waals surface area contributed by atoms with Crippen molar-refractivity contribution >= 4 is 5.97 Å². The number of pyridine rings is 1. The van der Waals surface area contributed by atoms with Gasteiger partial charge in [0.25, 0.3) is 0 Å². The molecule has 1 heterocycles. The summed E-state index contributed by atoms with van der Waals surface area (Å²) in [5.41, 5.74) is 0.404. The number of rotatable bonds is 3. The van der Waals surface area contributed by atoms with Crippen LogP contribution in [0.5, 0.6) is 5.75 Å². The zero-order valence-corrected chi connectivity index (χ0v) is 7.61. The first-order valence-electron chi connectivity index (χ1n) is 3.94. The van der Waals surface area contributed by atoms with Gasteiger partial charge in [0.05, 0.1) is 25.5 Å². The smallest absolute Gasteiger partial charge is 0.339 e. The highest BCUT2D eigenvalue weighted by molar-refractivity contribution is 5.89. The van der Waals surface area contributed by atoms with Crippen molar-refractivity contribution in [3.63, 3.8) is 0 Å². The molecule has 0 aliphatic carbocycles. The van der Waals surface area contributed by atoms with Crippen molar-refractivity contribution in [2.75, 3.05) is 13.7 Å². The Kier molecular flexibility index (Phi) is 3.25. The van der Waals surface area contributed by atoms with E-state index in [0.717, 1.165) is 0 Å². The lowest BCUT2D eigenvalue weighted by Crippen LogP contribution is -2.05. The summed E-state index contributed by atoms with van der Waals surface area (Å²) in [6, 6.07) is 1.59. The number of hydrogen-bond donors (Lipinski definition) is 0. The van der Waals surface area contributed by atoms with E-state index in [9.17, 15) is 4.79 Å². The van der Waals surface area contributed by atoms with Crippen molar-refractivity contribution in [2.45, 2.75) is 6.92 Å². The average Bonchev–Trinajstić information content (AvgIpc) is 2.18. The molecule has 0 spiro atoms. The molecule has 1 aromatic heterocycles. The van der Waals surface area contributed by atoms with Crippen LogP contribution >= 0.6 is 0 Å². The number of aromatic nitrogens is 1. The first-order valence-corrected chi connectivity index (χ1v) is 3.94. The second-order valence-electron chi connectivity index (χ2n) is 2.33. The van der Waals surface area contributed by atoms with Crippen LogP contribution in [-0.2, 0) is 4.74 Å².